The van der Waals surface area contributed by atoms with Gasteiger partial charge in [0.05, 0.1) is 10.3 Å². The van der Waals surface area contributed by atoms with Crippen molar-refractivity contribution in [2.45, 2.75) is 24.3 Å². The summed E-state index contributed by atoms with van der Waals surface area (Å²) in [5.41, 5.74) is 0.927. The molecular formula is C17H14ClNO2S. The van der Waals surface area contributed by atoms with Crippen molar-refractivity contribution in [1.29, 1.82) is 0 Å². The fourth-order valence-electron chi connectivity index (χ4n) is 3.04. The maximum atomic E-state index is 10.8. The normalized spacial score (nSPS) is 25.6. The lowest BCUT2D eigenvalue weighted by molar-refractivity contribution is 0.0580. The molecule has 4 rings (SSSR count). The van der Waals surface area contributed by atoms with Crippen molar-refractivity contribution in [2.24, 2.45) is 4.99 Å². The molecule has 2 aromatic carbocycles. The zero-order chi connectivity index (χ0) is 15.3. The predicted molar refractivity (Wildman–Crippen MR) is 90.1 cm³/mol. The van der Waals surface area contributed by atoms with E-state index in [-0.39, 0.29) is 5.25 Å². The third-order valence-electron chi connectivity index (χ3n) is 4.02. The molecule has 2 aliphatic rings. The smallest absolute Gasteiger partial charge is 0.196 e. The maximum Gasteiger partial charge on any atom is 0.196 e. The van der Waals surface area contributed by atoms with Crippen LogP contribution in [-0.2, 0) is 12.1 Å². The lowest BCUT2D eigenvalue weighted by atomic mass is 10.1. The Balaban J connectivity index is 1.64. The standard InChI is InChI=1S/C17H14ClNO2S/c1-10-19-17(20)15-7-6-14(8-11(15)9-16(17)22-10)21-13-4-2-12(18)3-5-13/h2-8,16,20H,9H2,1H3. The summed E-state index contributed by atoms with van der Waals surface area (Å²) in [5.74, 6) is 1.50. The second kappa shape index (κ2) is 5.01. The van der Waals surface area contributed by atoms with Gasteiger partial charge < -0.3 is 9.84 Å². The highest BCUT2D eigenvalue weighted by Gasteiger charge is 2.49. The van der Waals surface area contributed by atoms with E-state index in [1.54, 1.807) is 23.9 Å². The van der Waals surface area contributed by atoms with E-state index in [4.69, 9.17) is 16.3 Å². The zero-order valence-corrected chi connectivity index (χ0v) is 13.5. The molecule has 1 N–H and O–H groups in total. The molecule has 2 atom stereocenters. The van der Waals surface area contributed by atoms with Crippen LogP contribution >= 0.6 is 23.4 Å². The van der Waals surface area contributed by atoms with Crippen LogP contribution in [0.15, 0.2) is 47.5 Å². The van der Waals surface area contributed by atoms with Gasteiger partial charge in [0, 0.05) is 10.6 Å². The van der Waals surface area contributed by atoms with Gasteiger partial charge in [0.15, 0.2) is 5.72 Å². The van der Waals surface area contributed by atoms with Gasteiger partial charge in [-0.2, -0.15) is 0 Å². The highest BCUT2D eigenvalue weighted by Crippen LogP contribution is 2.50. The fourth-order valence-corrected chi connectivity index (χ4v) is 4.38. The molecule has 0 saturated heterocycles. The second-order valence-corrected chi connectivity index (χ2v) is 7.37. The van der Waals surface area contributed by atoms with Crippen molar-refractivity contribution < 1.29 is 9.84 Å². The maximum absolute atomic E-state index is 10.8. The van der Waals surface area contributed by atoms with Crippen molar-refractivity contribution >= 4 is 28.4 Å². The van der Waals surface area contributed by atoms with Gasteiger partial charge >= 0.3 is 0 Å². The number of nitrogens with zero attached hydrogens (tertiary/aromatic N) is 1. The SMILES string of the molecule is CC1=NC2(O)c3ccc(Oc4ccc(Cl)cc4)cc3CC2S1. The van der Waals surface area contributed by atoms with Crippen LogP contribution in [0.5, 0.6) is 11.5 Å². The second-order valence-electron chi connectivity index (χ2n) is 5.54. The van der Waals surface area contributed by atoms with Gasteiger partial charge in [0.25, 0.3) is 0 Å². The summed E-state index contributed by atoms with van der Waals surface area (Å²) in [6.07, 6.45) is 0.801. The highest BCUT2D eigenvalue weighted by molar-refractivity contribution is 8.14. The molecule has 2 aromatic rings. The molecule has 1 heterocycles. The van der Waals surface area contributed by atoms with E-state index in [9.17, 15) is 5.11 Å². The molecule has 0 spiro atoms. The van der Waals surface area contributed by atoms with Gasteiger partial charge in [-0.25, -0.2) is 4.99 Å². The first-order valence-electron chi connectivity index (χ1n) is 7.07. The van der Waals surface area contributed by atoms with Gasteiger partial charge in [0.1, 0.15) is 11.5 Å². The molecule has 0 radical (unpaired) electrons. The van der Waals surface area contributed by atoms with Crippen LogP contribution in [0.25, 0.3) is 0 Å². The minimum atomic E-state index is -1.07. The van der Waals surface area contributed by atoms with Gasteiger partial charge in [-0.3, -0.25) is 0 Å². The monoisotopic (exact) mass is 331 g/mol. The molecule has 1 aliphatic heterocycles. The number of hydrogen-bond donors (Lipinski definition) is 1. The molecule has 112 valence electrons. The third-order valence-corrected chi connectivity index (χ3v) is 5.48. The molecule has 5 heteroatoms. The molecule has 3 nitrogen and oxygen atoms in total. The molecule has 0 fully saturated rings. The van der Waals surface area contributed by atoms with E-state index < -0.39 is 5.72 Å². The first kappa shape index (κ1) is 14.1. The number of ether oxygens (including phenoxy) is 1. The number of rotatable bonds is 2. The first-order chi connectivity index (χ1) is 10.5. The number of aliphatic hydroxyl groups is 1. The average molecular weight is 332 g/mol. The molecule has 0 amide bonds. The van der Waals surface area contributed by atoms with Crippen LogP contribution in [-0.4, -0.2) is 15.4 Å². The molecule has 0 bridgehead atoms. The summed E-state index contributed by atoms with van der Waals surface area (Å²) in [6.45, 7) is 1.94. The number of thioether (sulfide) groups is 1. The average Bonchev–Trinajstić information content (AvgIpc) is 2.89. The Kier molecular flexibility index (Phi) is 3.22. The quantitative estimate of drug-likeness (QED) is 0.888. The van der Waals surface area contributed by atoms with Crippen LogP contribution in [0.2, 0.25) is 5.02 Å². The summed E-state index contributed by atoms with van der Waals surface area (Å²) in [5, 5.41) is 12.5. The number of halogens is 1. The topological polar surface area (TPSA) is 41.8 Å². The Bertz CT molecular complexity index is 775. The van der Waals surface area contributed by atoms with Crippen LogP contribution in [0.4, 0.5) is 0 Å². The van der Waals surface area contributed by atoms with E-state index in [0.717, 1.165) is 34.1 Å². The van der Waals surface area contributed by atoms with E-state index in [1.807, 2.05) is 37.3 Å². The Morgan fingerprint density at radius 3 is 2.73 bits per heavy atom. The highest BCUT2D eigenvalue weighted by atomic mass is 35.5. The van der Waals surface area contributed by atoms with E-state index in [0.29, 0.717) is 5.02 Å². The summed E-state index contributed by atoms with van der Waals surface area (Å²) in [4.78, 5) is 4.43. The van der Waals surface area contributed by atoms with E-state index >= 15 is 0 Å². The van der Waals surface area contributed by atoms with E-state index in [1.165, 1.54) is 0 Å². The van der Waals surface area contributed by atoms with Crippen LogP contribution in [0.3, 0.4) is 0 Å². The molecule has 2 unspecified atom stereocenters. The van der Waals surface area contributed by atoms with Gasteiger partial charge in [-0.05, 0) is 55.3 Å². The predicted octanol–water partition coefficient (Wildman–Crippen LogP) is 4.37. The Morgan fingerprint density at radius 2 is 1.95 bits per heavy atom. The fraction of sp³-hybridized carbons (Fsp3) is 0.235. The molecular weight excluding hydrogens is 318 g/mol. The molecule has 0 saturated carbocycles. The molecule has 1 aliphatic carbocycles. The van der Waals surface area contributed by atoms with Gasteiger partial charge in [0.2, 0.25) is 0 Å². The minimum absolute atomic E-state index is 0.0771. The number of benzene rings is 2. The lowest BCUT2D eigenvalue weighted by Crippen LogP contribution is -2.27. The summed E-state index contributed by atoms with van der Waals surface area (Å²) in [6, 6.07) is 13.1. The first-order valence-corrected chi connectivity index (χ1v) is 8.33. The molecule has 22 heavy (non-hydrogen) atoms. The van der Waals surface area contributed by atoms with Crippen LogP contribution < -0.4 is 4.74 Å². The number of hydrogen-bond acceptors (Lipinski definition) is 4. The Labute approximate surface area is 138 Å². The van der Waals surface area contributed by atoms with Crippen molar-refractivity contribution in [3.63, 3.8) is 0 Å². The Hall–Kier alpha value is -1.49. The number of aliphatic imine (C=N–C) groups is 1. The van der Waals surface area contributed by atoms with Crippen molar-refractivity contribution in [2.75, 3.05) is 0 Å². The van der Waals surface area contributed by atoms with Crippen molar-refractivity contribution in [3.8, 4) is 11.5 Å². The third kappa shape index (κ3) is 2.22. The van der Waals surface area contributed by atoms with Crippen LogP contribution in [0.1, 0.15) is 18.1 Å². The van der Waals surface area contributed by atoms with Crippen LogP contribution in [0, 0.1) is 0 Å². The lowest BCUT2D eigenvalue weighted by Gasteiger charge is -2.19. The summed E-state index contributed by atoms with van der Waals surface area (Å²) in [7, 11) is 0. The summed E-state index contributed by atoms with van der Waals surface area (Å²) < 4.78 is 5.85. The van der Waals surface area contributed by atoms with E-state index in [2.05, 4.69) is 4.99 Å². The van der Waals surface area contributed by atoms with Crippen molar-refractivity contribution in [1.82, 2.24) is 0 Å². The van der Waals surface area contributed by atoms with Gasteiger partial charge in [-0.15, -0.1) is 11.8 Å². The molecule has 0 aromatic heterocycles. The summed E-state index contributed by atoms with van der Waals surface area (Å²) >= 11 is 7.52. The Morgan fingerprint density at radius 1 is 1.23 bits per heavy atom. The number of fused-ring (bicyclic) bond motifs is 3. The largest absolute Gasteiger partial charge is 0.457 e. The van der Waals surface area contributed by atoms with Gasteiger partial charge in [-0.1, -0.05) is 17.7 Å². The zero-order valence-electron chi connectivity index (χ0n) is 11.9. The van der Waals surface area contributed by atoms with Crippen molar-refractivity contribution in [3.05, 3.63) is 58.6 Å². The minimum Gasteiger partial charge on any atom is -0.457 e.